The van der Waals surface area contributed by atoms with E-state index in [1.165, 1.54) is 6.42 Å². The number of rotatable bonds is 8. The van der Waals surface area contributed by atoms with Gasteiger partial charge in [-0.1, -0.05) is 32.3 Å². The summed E-state index contributed by atoms with van der Waals surface area (Å²) in [7, 11) is 0. The SMILES string of the molecule is CCc1nc(C(N)=O)c(Nc2cccc([S+](C)[O-])c2)nc1NCC1(N)CCCCC1. The normalized spacial score (nSPS) is 16.7. The lowest BCUT2D eigenvalue weighted by Crippen LogP contribution is -2.47. The molecule has 8 nitrogen and oxygen atoms in total. The zero-order chi connectivity index (χ0) is 21.7. The van der Waals surface area contributed by atoms with Gasteiger partial charge in [0.05, 0.1) is 5.69 Å². The summed E-state index contributed by atoms with van der Waals surface area (Å²) in [5, 5.41) is 6.47. The minimum atomic E-state index is -1.13. The molecule has 30 heavy (non-hydrogen) atoms. The van der Waals surface area contributed by atoms with Crippen LogP contribution in [0.5, 0.6) is 0 Å². The number of nitrogens with zero attached hydrogens (tertiary/aromatic N) is 2. The quantitative estimate of drug-likeness (QED) is 0.472. The summed E-state index contributed by atoms with van der Waals surface area (Å²) in [6.07, 6.45) is 7.64. The van der Waals surface area contributed by atoms with Gasteiger partial charge in [0, 0.05) is 23.8 Å². The van der Waals surface area contributed by atoms with Crippen molar-refractivity contribution in [3.05, 3.63) is 35.7 Å². The van der Waals surface area contributed by atoms with Crippen molar-refractivity contribution >= 4 is 34.4 Å². The standard InChI is InChI=1S/C21H30N6O2S/c1-3-16-19(24-13-21(23)10-5-4-6-11-21)27-20(17(26-16)18(22)28)25-14-8-7-9-15(12-14)30(2)29/h7-9,12H,3-6,10-11,13,23H2,1-2H3,(H2,22,28)(H2,24,25,27). The van der Waals surface area contributed by atoms with Crippen LogP contribution < -0.4 is 22.1 Å². The van der Waals surface area contributed by atoms with Gasteiger partial charge >= 0.3 is 0 Å². The number of hydrogen-bond donors (Lipinski definition) is 4. The Labute approximate surface area is 180 Å². The Morgan fingerprint density at radius 3 is 2.60 bits per heavy atom. The molecule has 0 bridgehead atoms. The second-order valence-corrected chi connectivity index (χ2v) is 9.20. The van der Waals surface area contributed by atoms with Crippen LogP contribution in [-0.4, -0.2) is 38.8 Å². The van der Waals surface area contributed by atoms with Crippen molar-refractivity contribution in [1.82, 2.24) is 9.97 Å². The number of aromatic nitrogens is 2. The summed E-state index contributed by atoms with van der Waals surface area (Å²) in [5.41, 5.74) is 13.2. The highest BCUT2D eigenvalue weighted by molar-refractivity contribution is 7.90. The number of anilines is 3. The summed E-state index contributed by atoms with van der Waals surface area (Å²) in [6.45, 7) is 2.54. The molecular weight excluding hydrogens is 400 g/mol. The fraction of sp³-hybridized carbons (Fsp3) is 0.476. The predicted octanol–water partition coefficient (Wildman–Crippen LogP) is 2.69. The van der Waals surface area contributed by atoms with Gasteiger partial charge in [0.2, 0.25) is 0 Å². The average molecular weight is 431 g/mol. The summed E-state index contributed by atoms with van der Waals surface area (Å²) in [5.74, 6) is 0.190. The molecule has 1 aromatic heterocycles. The van der Waals surface area contributed by atoms with Crippen LogP contribution in [0.25, 0.3) is 0 Å². The van der Waals surface area contributed by atoms with Gasteiger partial charge in [-0.2, -0.15) is 0 Å². The van der Waals surface area contributed by atoms with E-state index >= 15 is 0 Å². The zero-order valence-electron chi connectivity index (χ0n) is 17.5. The number of nitrogens with two attached hydrogens (primary N) is 2. The number of hydrogen-bond acceptors (Lipinski definition) is 7. The molecule has 1 aromatic carbocycles. The van der Waals surface area contributed by atoms with Crippen LogP contribution in [0.4, 0.5) is 17.3 Å². The van der Waals surface area contributed by atoms with Crippen molar-refractivity contribution in [2.24, 2.45) is 11.5 Å². The van der Waals surface area contributed by atoms with E-state index < -0.39 is 17.1 Å². The average Bonchev–Trinajstić information content (AvgIpc) is 2.73. The van der Waals surface area contributed by atoms with Crippen molar-refractivity contribution in [1.29, 1.82) is 0 Å². The number of benzene rings is 1. The molecule has 1 saturated carbocycles. The molecular formula is C21H30N6O2S. The zero-order valence-corrected chi connectivity index (χ0v) is 18.3. The molecule has 1 fully saturated rings. The molecule has 1 aliphatic carbocycles. The third kappa shape index (κ3) is 5.41. The van der Waals surface area contributed by atoms with Crippen LogP contribution in [-0.2, 0) is 17.6 Å². The number of amides is 1. The lowest BCUT2D eigenvalue weighted by Gasteiger charge is -2.33. The van der Waals surface area contributed by atoms with Crippen molar-refractivity contribution < 1.29 is 9.35 Å². The van der Waals surface area contributed by atoms with Crippen LogP contribution in [0.1, 0.15) is 55.2 Å². The first kappa shape index (κ1) is 22.3. The van der Waals surface area contributed by atoms with Gasteiger partial charge in [-0.25, -0.2) is 9.97 Å². The highest BCUT2D eigenvalue weighted by atomic mass is 32.2. The smallest absolute Gasteiger partial charge is 0.271 e. The van der Waals surface area contributed by atoms with Crippen molar-refractivity contribution in [2.45, 2.75) is 55.9 Å². The molecule has 9 heteroatoms. The van der Waals surface area contributed by atoms with E-state index in [1.54, 1.807) is 30.5 Å². The Bertz CT molecular complexity index is 899. The van der Waals surface area contributed by atoms with Crippen LogP contribution >= 0.6 is 0 Å². The lowest BCUT2D eigenvalue weighted by atomic mass is 9.82. The summed E-state index contributed by atoms with van der Waals surface area (Å²) in [4.78, 5) is 21.8. The Hall–Kier alpha value is -2.36. The third-order valence-corrected chi connectivity index (χ3v) is 6.34. The van der Waals surface area contributed by atoms with Crippen molar-refractivity contribution in [3.63, 3.8) is 0 Å². The molecule has 6 N–H and O–H groups in total. The molecule has 1 atom stereocenters. The minimum absolute atomic E-state index is 0.0700. The predicted molar refractivity (Wildman–Crippen MR) is 120 cm³/mol. The number of primary amides is 1. The highest BCUT2D eigenvalue weighted by Crippen LogP contribution is 2.28. The molecule has 3 rings (SSSR count). The van der Waals surface area contributed by atoms with E-state index in [2.05, 4.69) is 20.6 Å². The molecule has 162 valence electrons. The summed E-state index contributed by atoms with van der Waals surface area (Å²) >= 11 is -1.13. The van der Waals surface area contributed by atoms with Gasteiger partial charge in [0.1, 0.15) is 12.1 Å². The van der Waals surface area contributed by atoms with Crippen LogP contribution in [0.2, 0.25) is 0 Å². The molecule has 1 aliphatic rings. The number of nitrogens with one attached hydrogen (secondary N) is 2. The molecule has 1 heterocycles. The van der Waals surface area contributed by atoms with Gasteiger partial charge in [-0.15, -0.1) is 0 Å². The first-order chi connectivity index (χ1) is 14.3. The van der Waals surface area contributed by atoms with Gasteiger partial charge < -0.3 is 26.7 Å². The summed E-state index contributed by atoms with van der Waals surface area (Å²) in [6, 6.07) is 7.12. The first-order valence-electron chi connectivity index (χ1n) is 10.3. The highest BCUT2D eigenvalue weighted by Gasteiger charge is 2.28. The van der Waals surface area contributed by atoms with E-state index in [4.69, 9.17) is 11.5 Å². The molecule has 0 aliphatic heterocycles. The van der Waals surface area contributed by atoms with Crippen LogP contribution in [0.15, 0.2) is 29.2 Å². The fourth-order valence-corrected chi connectivity index (χ4v) is 4.26. The second-order valence-electron chi connectivity index (χ2n) is 7.82. The topological polar surface area (TPSA) is 142 Å². The minimum Gasteiger partial charge on any atom is -0.612 e. The monoisotopic (exact) mass is 430 g/mol. The molecule has 1 unspecified atom stereocenters. The summed E-state index contributed by atoms with van der Waals surface area (Å²) < 4.78 is 11.8. The number of carbonyl (C=O) groups excluding carboxylic acids is 1. The van der Waals surface area contributed by atoms with Gasteiger partial charge in [0.15, 0.2) is 16.4 Å². The van der Waals surface area contributed by atoms with Gasteiger partial charge in [0.25, 0.3) is 5.91 Å². The van der Waals surface area contributed by atoms with E-state index in [0.29, 0.717) is 35.1 Å². The molecule has 0 radical (unpaired) electrons. The van der Waals surface area contributed by atoms with E-state index in [1.807, 2.05) is 6.92 Å². The van der Waals surface area contributed by atoms with E-state index in [0.717, 1.165) is 25.7 Å². The largest absolute Gasteiger partial charge is 0.612 e. The maximum absolute atomic E-state index is 12.0. The Kier molecular flexibility index (Phi) is 7.17. The Morgan fingerprint density at radius 2 is 1.97 bits per heavy atom. The van der Waals surface area contributed by atoms with E-state index in [-0.39, 0.29) is 17.1 Å². The van der Waals surface area contributed by atoms with Crippen LogP contribution in [0.3, 0.4) is 0 Å². The number of aryl methyl sites for hydroxylation is 1. The maximum atomic E-state index is 12.0. The van der Waals surface area contributed by atoms with Gasteiger partial charge in [-0.3, -0.25) is 4.79 Å². The fourth-order valence-electron chi connectivity index (χ4n) is 3.70. The van der Waals surface area contributed by atoms with Crippen molar-refractivity contribution in [3.8, 4) is 0 Å². The number of carbonyl (C=O) groups is 1. The molecule has 0 spiro atoms. The second kappa shape index (κ2) is 9.63. The Morgan fingerprint density at radius 1 is 1.23 bits per heavy atom. The maximum Gasteiger partial charge on any atom is 0.271 e. The molecule has 1 amide bonds. The van der Waals surface area contributed by atoms with E-state index in [9.17, 15) is 9.35 Å². The Balaban J connectivity index is 1.90. The third-order valence-electron chi connectivity index (χ3n) is 5.42. The lowest BCUT2D eigenvalue weighted by molar-refractivity contribution is 0.0996. The van der Waals surface area contributed by atoms with Crippen LogP contribution in [0, 0.1) is 0 Å². The van der Waals surface area contributed by atoms with Gasteiger partial charge in [-0.05, 0) is 42.6 Å². The first-order valence-corrected chi connectivity index (χ1v) is 11.8. The molecule has 0 saturated heterocycles. The van der Waals surface area contributed by atoms with Crippen molar-refractivity contribution in [2.75, 3.05) is 23.4 Å². The molecule has 2 aromatic rings.